The van der Waals surface area contributed by atoms with Gasteiger partial charge in [0.25, 0.3) is 0 Å². The quantitative estimate of drug-likeness (QED) is 0.431. The van der Waals surface area contributed by atoms with E-state index >= 15 is 0 Å². The van der Waals surface area contributed by atoms with Gasteiger partial charge in [0.1, 0.15) is 13.7 Å². The van der Waals surface area contributed by atoms with E-state index in [1.807, 2.05) is 24.3 Å². The summed E-state index contributed by atoms with van der Waals surface area (Å²) >= 11 is 0. The maximum absolute atomic E-state index is 6.34. The van der Waals surface area contributed by atoms with Crippen molar-refractivity contribution in [2.75, 3.05) is 23.3 Å². The van der Waals surface area contributed by atoms with Gasteiger partial charge in [-0.3, -0.25) is 0 Å². The van der Waals surface area contributed by atoms with Crippen molar-refractivity contribution in [3.05, 3.63) is 36.3 Å². The van der Waals surface area contributed by atoms with E-state index in [1.54, 1.807) is 10.7 Å². The minimum absolute atomic E-state index is 0.0802. The fraction of sp³-hybridized carbons (Fsp3) is 0.333. The molecule has 2 unspecified atom stereocenters. The zero-order chi connectivity index (χ0) is 18.9. The van der Waals surface area contributed by atoms with E-state index in [-0.39, 0.29) is 5.54 Å². The Balaban J connectivity index is 1.33. The highest BCUT2D eigenvalue weighted by atomic mass is 15.4. The van der Waals surface area contributed by atoms with Crippen molar-refractivity contribution < 1.29 is 0 Å². The van der Waals surface area contributed by atoms with Crippen molar-refractivity contribution in [2.45, 2.75) is 18.5 Å². The molecule has 4 N–H and O–H groups in total. The number of nitrogens with zero attached hydrogens (tertiary/aromatic N) is 6. The third kappa shape index (κ3) is 2.37. The molecule has 4 heterocycles. The van der Waals surface area contributed by atoms with Gasteiger partial charge in [0, 0.05) is 24.8 Å². The molecule has 1 aliphatic heterocycles. The molecule has 3 aromatic heterocycles. The summed E-state index contributed by atoms with van der Waals surface area (Å²) in [5.74, 6) is 2.55. The molecule has 1 aliphatic carbocycles. The number of rotatable bonds is 4. The van der Waals surface area contributed by atoms with Crippen LogP contribution in [0.3, 0.4) is 0 Å². The fourth-order valence-electron chi connectivity index (χ4n) is 4.07. The van der Waals surface area contributed by atoms with E-state index in [1.165, 1.54) is 0 Å². The van der Waals surface area contributed by atoms with Crippen LogP contribution in [0.25, 0.3) is 16.7 Å². The molecule has 1 saturated heterocycles. The van der Waals surface area contributed by atoms with Crippen LogP contribution in [0.15, 0.2) is 30.5 Å². The zero-order valence-corrected chi connectivity index (χ0v) is 15.1. The first kappa shape index (κ1) is 15.9. The second-order valence-corrected chi connectivity index (χ2v) is 7.75. The van der Waals surface area contributed by atoms with Gasteiger partial charge >= 0.3 is 0 Å². The minimum Gasteiger partial charge on any atom is -0.347 e. The molecule has 9 nitrogen and oxygen atoms in total. The number of fused-ring (bicyclic) bond motifs is 3. The van der Waals surface area contributed by atoms with Gasteiger partial charge in [0.2, 0.25) is 11.9 Å². The summed E-state index contributed by atoms with van der Waals surface area (Å²) < 4.78 is 1.62. The monoisotopic (exact) mass is 371 g/mol. The average Bonchev–Trinajstić information content (AvgIpc) is 3.06. The molecule has 6 rings (SSSR count). The second-order valence-electron chi connectivity index (χ2n) is 7.75. The molecular formula is C18H18BN9. The molecule has 10 heteroatoms. The Kier molecular flexibility index (Phi) is 3.09. The van der Waals surface area contributed by atoms with Crippen molar-refractivity contribution in [1.29, 1.82) is 0 Å². The van der Waals surface area contributed by atoms with E-state index < -0.39 is 0 Å². The number of para-hydroxylation sites is 2. The van der Waals surface area contributed by atoms with Crippen molar-refractivity contribution in [3.8, 4) is 0 Å². The second kappa shape index (κ2) is 5.45. The van der Waals surface area contributed by atoms with Crippen LogP contribution in [0.4, 0.5) is 11.9 Å². The number of nitrogens with two attached hydrogens (primary N) is 1. The Morgan fingerprint density at radius 1 is 1.29 bits per heavy atom. The molecule has 0 spiro atoms. The van der Waals surface area contributed by atoms with Gasteiger partial charge in [-0.1, -0.05) is 12.1 Å². The molecule has 2 atom stereocenters. The van der Waals surface area contributed by atoms with Crippen LogP contribution < -0.4 is 21.4 Å². The molecule has 2 radical (unpaired) electrons. The van der Waals surface area contributed by atoms with Gasteiger partial charge in [0.05, 0.1) is 17.6 Å². The maximum atomic E-state index is 6.34. The predicted molar refractivity (Wildman–Crippen MR) is 107 cm³/mol. The lowest BCUT2D eigenvalue weighted by atomic mass is 10.0. The number of H-pyrrole nitrogens is 1. The zero-order valence-electron chi connectivity index (χ0n) is 15.1. The SMILES string of the molecule is [B]c1cnn2c(NCc3nc4ccccc4[nH]3)nc(N3CC4CC4(N)C3)nc12. The summed E-state index contributed by atoms with van der Waals surface area (Å²) in [6.45, 7) is 2.12. The first-order valence-corrected chi connectivity index (χ1v) is 9.32. The number of hydrogen-bond acceptors (Lipinski definition) is 7. The van der Waals surface area contributed by atoms with Gasteiger partial charge in [-0.2, -0.15) is 19.6 Å². The molecule has 1 saturated carbocycles. The molecule has 1 aromatic carbocycles. The third-order valence-electron chi connectivity index (χ3n) is 5.72. The van der Waals surface area contributed by atoms with Gasteiger partial charge in [-0.15, -0.1) is 0 Å². The number of imidazole rings is 1. The number of anilines is 2. The first-order chi connectivity index (χ1) is 13.6. The number of aromatic nitrogens is 6. The smallest absolute Gasteiger partial charge is 0.230 e. The largest absolute Gasteiger partial charge is 0.347 e. The van der Waals surface area contributed by atoms with Crippen LogP contribution in [-0.2, 0) is 6.54 Å². The highest BCUT2D eigenvalue weighted by Gasteiger charge is 2.57. The van der Waals surface area contributed by atoms with Crippen molar-refractivity contribution >= 4 is 41.9 Å². The van der Waals surface area contributed by atoms with Gasteiger partial charge in [-0.25, -0.2) is 4.98 Å². The van der Waals surface area contributed by atoms with Gasteiger partial charge in [0.15, 0.2) is 5.65 Å². The Labute approximate surface area is 161 Å². The lowest BCUT2D eigenvalue weighted by Gasteiger charge is -2.20. The Hall–Kier alpha value is -3.14. The Morgan fingerprint density at radius 3 is 3.00 bits per heavy atom. The topological polar surface area (TPSA) is 113 Å². The van der Waals surface area contributed by atoms with E-state index in [0.29, 0.717) is 35.5 Å². The molecule has 2 aliphatic rings. The highest BCUT2D eigenvalue weighted by Crippen LogP contribution is 2.47. The average molecular weight is 371 g/mol. The molecular weight excluding hydrogens is 353 g/mol. The maximum Gasteiger partial charge on any atom is 0.230 e. The van der Waals surface area contributed by atoms with Crippen molar-refractivity contribution in [3.63, 3.8) is 0 Å². The molecule has 28 heavy (non-hydrogen) atoms. The number of benzene rings is 1. The fourth-order valence-corrected chi connectivity index (χ4v) is 4.07. The molecule has 0 amide bonds. The minimum atomic E-state index is -0.0802. The number of nitrogens with one attached hydrogen (secondary N) is 2. The third-order valence-corrected chi connectivity index (χ3v) is 5.72. The Bertz CT molecular complexity index is 1180. The number of hydrogen-bond donors (Lipinski definition) is 3. The van der Waals surface area contributed by atoms with E-state index in [0.717, 1.165) is 36.4 Å². The Morgan fingerprint density at radius 2 is 2.18 bits per heavy atom. The lowest BCUT2D eigenvalue weighted by molar-refractivity contribution is 0.691. The summed E-state index contributed by atoms with van der Waals surface area (Å²) in [5.41, 5.74) is 9.30. The van der Waals surface area contributed by atoms with Gasteiger partial charge < -0.3 is 20.9 Å². The summed E-state index contributed by atoms with van der Waals surface area (Å²) in [4.78, 5) is 19.4. The molecule has 2 fully saturated rings. The van der Waals surface area contributed by atoms with Crippen molar-refractivity contribution in [2.24, 2.45) is 11.7 Å². The van der Waals surface area contributed by atoms with E-state index in [9.17, 15) is 0 Å². The summed E-state index contributed by atoms with van der Waals surface area (Å²) in [7, 11) is 6.07. The van der Waals surface area contributed by atoms with Crippen LogP contribution in [0.1, 0.15) is 12.2 Å². The van der Waals surface area contributed by atoms with Crippen LogP contribution in [0.5, 0.6) is 0 Å². The normalized spacial score (nSPS) is 23.5. The number of aromatic amines is 1. The van der Waals surface area contributed by atoms with Crippen molar-refractivity contribution in [1.82, 2.24) is 29.5 Å². The summed E-state index contributed by atoms with van der Waals surface area (Å²) in [6, 6.07) is 7.93. The standard InChI is InChI=1S/C18H18BN9/c19-11-6-22-28-15(11)25-17(27-8-10-5-18(10,20)9-27)26-16(28)21-7-14-23-12-3-1-2-4-13(12)24-14/h1-4,6,10H,5,7-9,20H2,(H,23,24)(H,21,25,26). The molecule has 138 valence electrons. The van der Waals surface area contributed by atoms with E-state index in [4.69, 9.17) is 18.6 Å². The molecule has 4 aromatic rings. The van der Waals surface area contributed by atoms with E-state index in [2.05, 4.69) is 30.3 Å². The summed E-state index contributed by atoms with van der Waals surface area (Å²) in [6.07, 6.45) is 2.67. The first-order valence-electron chi connectivity index (χ1n) is 9.32. The summed E-state index contributed by atoms with van der Waals surface area (Å²) in [5, 5.41) is 7.62. The predicted octanol–water partition coefficient (Wildman–Crippen LogP) is -0.0561. The molecule has 0 bridgehead atoms. The van der Waals surface area contributed by atoms with Crippen LogP contribution in [0.2, 0.25) is 0 Å². The van der Waals surface area contributed by atoms with Gasteiger partial charge in [-0.05, 0) is 29.9 Å². The lowest BCUT2D eigenvalue weighted by Crippen LogP contribution is -2.34. The van der Waals surface area contributed by atoms with Crippen LogP contribution >= 0.6 is 0 Å². The highest BCUT2D eigenvalue weighted by molar-refractivity contribution is 6.36. The number of piperidine rings is 1. The van der Waals surface area contributed by atoms with Crippen LogP contribution in [0, 0.1) is 5.92 Å². The van der Waals surface area contributed by atoms with Crippen LogP contribution in [-0.4, -0.2) is 56.0 Å².